The standard InChI is InChI=1S/C18H14O2/c1-19-15-9-8-12-6-7-14-10-13-4-2-3-5-17(13)20-18(14)16(12)11-15/h2-9,11H,10H2,1H3. The largest absolute Gasteiger partial charge is 0.497 e. The van der Waals surface area contributed by atoms with Gasteiger partial charge in [-0.3, -0.25) is 0 Å². The summed E-state index contributed by atoms with van der Waals surface area (Å²) in [6.07, 6.45) is 0.915. The summed E-state index contributed by atoms with van der Waals surface area (Å²) in [5.74, 6) is 2.77. The SMILES string of the molecule is COc1ccc2ccc3c(c2c1)Oc1ccccc1C3. The molecule has 0 radical (unpaired) electrons. The van der Waals surface area contributed by atoms with Crippen LogP contribution in [-0.4, -0.2) is 7.11 Å². The fraction of sp³-hybridized carbons (Fsp3) is 0.111. The Bertz CT molecular complexity index is 806. The molecule has 0 saturated carbocycles. The normalized spacial score (nSPS) is 12.4. The Morgan fingerprint density at radius 2 is 1.80 bits per heavy atom. The lowest BCUT2D eigenvalue weighted by Gasteiger charge is -2.21. The molecule has 2 heteroatoms. The third kappa shape index (κ3) is 1.65. The summed E-state index contributed by atoms with van der Waals surface area (Å²) in [6, 6.07) is 18.6. The maximum absolute atomic E-state index is 6.13. The minimum absolute atomic E-state index is 0.855. The van der Waals surface area contributed by atoms with Gasteiger partial charge in [-0.1, -0.05) is 36.4 Å². The maximum atomic E-state index is 6.13. The van der Waals surface area contributed by atoms with Gasteiger partial charge >= 0.3 is 0 Å². The second-order valence-corrected chi connectivity index (χ2v) is 5.03. The van der Waals surface area contributed by atoms with E-state index in [2.05, 4.69) is 30.3 Å². The Hall–Kier alpha value is -2.48. The minimum Gasteiger partial charge on any atom is -0.497 e. The zero-order valence-electron chi connectivity index (χ0n) is 11.2. The van der Waals surface area contributed by atoms with Gasteiger partial charge in [-0.05, 0) is 34.7 Å². The second-order valence-electron chi connectivity index (χ2n) is 5.03. The van der Waals surface area contributed by atoms with Crippen LogP contribution >= 0.6 is 0 Å². The van der Waals surface area contributed by atoms with Crippen LogP contribution in [0.3, 0.4) is 0 Å². The van der Waals surface area contributed by atoms with Gasteiger partial charge in [0.25, 0.3) is 0 Å². The molecule has 0 aromatic heterocycles. The lowest BCUT2D eigenvalue weighted by atomic mass is 9.97. The topological polar surface area (TPSA) is 18.5 Å². The molecule has 1 aliphatic rings. The zero-order valence-corrected chi connectivity index (χ0v) is 11.2. The molecule has 3 aromatic carbocycles. The monoisotopic (exact) mass is 262 g/mol. The second kappa shape index (κ2) is 4.27. The van der Waals surface area contributed by atoms with E-state index in [1.807, 2.05) is 24.3 Å². The van der Waals surface area contributed by atoms with E-state index in [1.165, 1.54) is 16.5 Å². The van der Waals surface area contributed by atoms with Gasteiger partial charge < -0.3 is 9.47 Å². The van der Waals surface area contributed by atoms with E-state index in [9.17, 15) is 0 Å². The first-order valence-electron chi connectivity index (χ1n) is 6.70. The number of hydrogen-bond acceptors (Lipinski definition) is 2. The van der Waals surface area contributed by atoms with Gasteiger partial charge in [0, 0.05) is 11.8 Å². The van der Waals surface area contributed by atoms with Crippen molar-refractivity contribution in [3.05, 3.63) is 65.7 Å². The average Bonchev–Trinajstić information content (AvgIpc) is 2.52. The Balaban J connectivity index is 1.94. The van der Waals surface area contributed by atoms with Gasteiger partial charge in [0.15, 0.2) is 0 Å². The molecule has 0 bridgehead atoms. The van der Waals surface area contributed by atoms with Gasteiger partial charge in [0.2, 0.25) is 0 Å². The summed E-state index contributed by atoms with van der Waals surface area (Å²) in [4.78, 5) is 0. The van der Waals surface area contributed by atoms with Crippen LogP contribution in [0.1, 0.15) is 11.1 Å². The van der Waals surface area contributed by atoms with E-state index in [0.717, 1.165) is 29.1 Å². The molecule has 0 atom stereocenters. The highest BCUT2D eigenvalue weighted by molar-refractivity contribution is 5.91. The molecule has 0 N–H and O–H groups in total. The molecule has 0 unspecified atom stereocenters. The van der Waals surface area contributed by atoms with Crippen LogP contribution in [0.5, 0.6) is 17.2 Å². The summed E-state index contributed by atoms with van der Waals surface area (Å²) in [7, 11) is 1.69. The van der Waals surface area contributed by atoms with Crippen LogP contribution < -0.4 is 9.47 Å². The molecule has 0 saturated heterocycles. The lowest BCUT2D eigenvalue weighted by Crippen LogP contribution is -2.03. The van der Waals surface area contributed by atoms with Crippen molar-refractivity contribution in [1.82, 2.24) is 0 Å². The summed E-state index contributed by atoms with van der Waals surface area (Å²) in [5, 5.41) is 2.28. The van der Waals surface area contributed by atoms with Crippen LogP contribution in [0.2, 0.25) is 0 Å². The van der Waals surface area contributed by atoms with Gasteiger partial charge in [0.05, 0.1) is 7.11 Å². The highest BCUT2D eigenvalue weighted by Crippen LogP contribution is 2.41. The predicted octanol–water partition coefficient (Wildman–Crippen LogP) is 4.54. The van der Waals surface area contributed by atoms with Gasteiger partial charge in [-0.2, -0.15) is 0 Å². The van der Waals surface area contributed by atoms with Crippen molar-refractivity contribution in [2.45, 2.75) is 6.42 Å². The van der Waals surface area contributed by atoms with E-state index in [4.69, 9.17) is 9.47 Å². The number of methoxy groups -OCH3 is 1. The number of fused-ring (bicyclic) bond motifs is 4. The van der Waals surface area contributed by atoms with Crippen LogP contribution in [-0.2, 0) is 6.42 Å². The molecule has 2 nitrogen and oxygen atoms in total. The first-order chi connectivity index (χ1) is 9.85. The van der Waals surface area contributed by atoms with Crippen LogP contribution in [0, 0.1) is 0 Å². The molecule has 98 valence electrons. The lowest BCUT2D eigenvalue weighted by molar-refractivity contribution is 0.415. The Kier molecular flexibility index (Phi) is 2.43. The third-order valence-corrected chi connectivity index (χ3v) is 3.83. The van der Waals surface area contributed by atoms with E-state index in [1.54, 1.807) is 7.11 Å². The van der Waals surface area contributed by atoms with Crippen molar-refractivity contribution in [2.24, 2.45) is 0 Å². The van der Waals surface area contributed by atoms with Crippen molar-refractivity contribution in [2.75, 3.05) is 7.11 Å². The van der Waals surface area contributed by atoms with E-state index in [0.29, 0.717) is 0 Å². The highest BCUT2D eigenvalue weighted by Gasteiger charge is 2.18. The average molecular weight is 262 g/mol. The number of hydrogen-bond donors (Lipinski definition) is 0. The van der Waals surface area contributed by atoms with Gasteiger partial charge in [-0.15, -0.1) is 0 Å². The predicted molar refractivity (Wildman–Crippen MR) is 79.8 cm³/mol. The van der Waals surface area contributed by atoms with Crippen molar-refractivity contribution in [3.63, 3.8) is 0 Å². The first-order valence-corrected chi connectivity index (χ1v) is 6.70. The molecular weight excluding hydrogens is 248 g/mol. The molecule has 4 rings (SSSR count). The fourth-order valence-corrected chi connectivity index (χ4v) is 2.77. The number of benzene rings is 3. The van der Waals surface area contributed by atoms with Crippen LogP contribution in [0.15, 0.2) is 54.6 Å². The fourth-order valence-electron chi connectivity index (χ4n) is 2.77. The Morgan fingerprint density at radius 1 is 0.950 bits per heavy atom. The van der Waals surface area contributed by atoms with Crippen molar-refractivity contribution in [3.8, 4) is 17.2 Å². The third-order valence-electron chi connectivity index (χ3n) is 3.83. The quantitative estimate of drug-likeness (QED) is 0.501. The maximum Gasteiger partial charge on any atom is 0.138 e. The molecule has 1 aliphatic heterocycles. The van der Waals surface area contributed by atoms with Crippen LogP contribution in [0.4, 0.5) is 0 Å². The number of para-hydroxylation sites is 1. The molecule has 1 heterocycles. The van der Waals surface area contributed by atoms with Gasteiger partial charge in [0.1, 0.15) is 17.2 Å². The smallest absolute Gasteiger partial charge is 0.138 e. The number of ether oxygens (including phenoxy) is 2. The van der Waals surface area contributed by atoms with E-state index >= 15 is 0 Å². The Morgan fingerprint density at radius 3 is 2.70 bits per heavy atom. The first kappa shape index (κ1) is 11.4. The Labute approximate surface area is 117 Å². The summed E-state index contributed by atoms with van der Waals surface area (Å²) in [6.45, 7) is 0. The summed E-state index contributed by atoms with van der Waals surface area (Å²) < 4.78 is 11.5. The number of rotatable bonds is 1. The van der Waals surface area contributed by atoms with E-state index in [-0.39, 0.29) is 0 Å². The minimum atomic E-state index is 0.855. The van der Waals surface area contributed by atoms with Crippen molar-refractivity contribution >= 4 is 10.8 Å². The molecule has 0 aliphatic carbocycles. The molecule has 3 aromatic rings. The van der Waals surface area contributed by atoms with Crippen molar-refractivity contribution < 1.29 is 9.47 Å². The zero-order chi connectivity index (χ0) is 13.5. The summed E-state index contributed by atoms with van der Waals surface area (Å²) >= 11 is 0. The molecule has 0 amide bonds. The molecule has 0 fully saturated rings. The van der Waals surface area contributed by atoms with Gasteiger partial charge in [-0.25, -0.2) is 0 Å². The van der Waals surface area contributed by atoms with E-state index < -0.39 is 0 Å². The van der Waals surface area contributed by atoms with Crippen molar-refractivity contribution in [1.29, 1.82) is 0 Å². The molecule has 20 heavy (non-hydrogen) atoms. The molecule has 0 spiro atoms. The highest BCUT2D eigenvalue weighted by atomic mass is 16.5. The molecular formula is C18H14O2. The summed E-state index contributed by atoms with van der Waals surface area (Å²) in [5.41, 5.74) is 2.46. The van der Waals surface area contributed by atoms with Crippen LogP contribution in [0.25, 0.3) is 10.8 Å².